The van der Waals surface area contributed by atoms with Gasteiger partial charge < -0.3 is 4.90 Å². The summed E-state index contributed by atoms with van der Waals surface area (Å²) in [5.74, 6) is -0.136. The number of fused-ring (bicyclic) bond motifs is 1. The Morgan fingerprint density at radius 3 is 2.35 bits per heavy atom. The van der Waals surface area contributed by atoms with E-state index in [0.29, 0.717) is 24.9 Å². The van der Waals surface area contributed by atoms with Crippen molar-refractivity contribution in [3.8, 4) is 0 Å². The lowest BCUT2D eigenvalue weighted by Crippen LogP contribution is -2.37. The van der Waals surface area contributed by atoms with Crippen LogP contribution in [0.4, 0.5) is 0 Å². The fourth-order valence-electron chi connectivity index (χ4n) is 3.65. The van der Waals surface area contributed by atoms with Gasteiger partial charge in [-0.05, 0) is 30.2 Å². The minimum atomic E-state index is -0.255. The molecule has 2 aromatic heterocycles. The average Bonchev–Trinajstić information content (AvgIpc) is 2.82. The number of carbonyl (C=O) groups is 1. The lowest BCUT2D eigenvalue weighted by molar-refractivity contribution is -0.132. The van der Waals surface area contributed by atoms with Crippen LogP contribution in [0.1, 0.15) is 23.7 Å². The predicted octanol–water partition coefficient (Wildman–Crippen LogP) is 3.43. The largest absolute Gasteiger partial charge is 0.337 e. The molecule has 6 heteroatoms. The van der Waals surface area contributed by atoms with Crippen molar-refractivity contribution < 1.29 is 4.79 Å². The van der Waals surface area contributed by atoms with Gasteiger partial charge in [-0.1, -0.05) is 54.6 Å². The molecule has 0 unspecified atom stereocenters. The van der Waals surface area contributed by atoms with E-state index in [1.807, 2.05) is 67.6 Å². The molecule has 4 rings (SSSR count). The summed E-state index contributed by atoms with van der Waals surface area (Å²) in [6, 6.07) is 21.1. The molecule has 0 N–H and O–H groups in total. The number of pyridine rings is 1. The third-order valence-electron chi connectivity index (χ3n) is 5.27. The molecule has 1 amide bonds. The normalized spacial score (nSPS) is 10.9. The smallest absolute Gasteiger partial charge is 0.275 e. The lowest BCUT2D eigenvalue weighted by atomic mass is 10.1. The van der Waals surface area contributed by atoms with Gasteiger partial charge in [0.1, 0.15) is 6.54 Å². The van der Waals surface area contributed by atoms with Crippen LogP contribution in [0.15, 0.2) is 83.9 Å². The maximum atomic E-state index is 13.1. The van der Waals surface area contributed by atoms with Crippen molar-refractivity contribution in [3.63, 3.8) is 0 Å². The minimum Gasteiger partial charge on any atom is -0.337 e. The number of rotatable bonds is 7. The van der Waals surface area contributed by atoms with Crippen LogP contribution in [-0.4, -0.2) is 32.1 Å². The summed E-state index contributed by atoms with van der Waals surface area (Å²) in [5, 5.41) is 5.96. The number of amides is 1. The van der Waals surface area contributed by atoms with Crippen LogP contribution in [0.25, 0.3) is 10.8 Å². The average molecular weight is 412 g/mol. The summed E-state index contributed by atoms with van der Waals surface area (Å²) >= 11 is 0. The minimum absolute atomic E-state index is 0.0929. The van der Waals surface area contributed by atoms with Gasteiger partial charge in [0.25, 0.3) is 5.56 Å². The summed E-state index contributed by atoms with van der Waals surface area (Å²) in [6.45, 7) is 2.90. The molecule has 0 aliphatic carbocycles. The van der Waals surface area contributed by atoms with Gasteiger partial charge in [-0.3, -0.25) is 14.6 Å². The number of nitrogens with zero attached hydrogens (tertiary/aromatic N) is 4. The van der Waals surface area contributed by atoms with Crippen molar-refractivity contribution in [3.05, 3.63) is 106 Å². The van der Waals surface area contributed by atoms with E-state index < -0.39 is 0 Å². The van der Waals surface area contributed by atoms with Crippen LogP contribution >= 0.6 is 0 Å². The van der Waals surface area contributed by atoms with E-state index in [1.54, 1.807) is 23.4 Å². The maximum absolute atomic E-state index is 13.1. The molecule has 0 saturated carbocycles. The first-order valence-corrected chi connectivity index (χ1v) is 10.3. The first-order chi connectivity index (χ1) is 15.2. The molecule has 0 atom stereocenters. The van der Waals surface area contributed by atoms with Gasteiger partial charge in [0.2, 0.25) is 5.91 Å². The molecule has 0 aliphatic heterocycles. The van der Waals surface area contributed by atoms with Crippen LogP contribution in [-0.2, 0) is 24.3 Å². The van der Waals surface area contributed by atoms with Crippen LogP contribution in [0, 0.1) is 0 Å². The van der Waals surface area contributed by atoms with E-state index in [9.17, 15) is 9.59 Å². The van der Waals surface area contributed by atoms with E-state index >= 15 is 0 Å². The highest BCUT2D eigenvalue weighted by Gasteiger charge is 2.17. The Morgan fingerprint density at radius 1 is 0.935 bits per heavy atom. The van der Waals surface area contributed by atoms with Crippen molar-refractivity contribution in [1.82, 2.24) is 19.7 Å². The molecule has 2 heterocycles. The summed E-state index contributed by atoms with van der Waals surface area (Å²) in [6.07, 6.45) is 4.04. The van der Waals surface area contributed by atoms with E-state index in [4.69, 9.17) is 0 Å². The fraction of sp³-hybridized carbons (Fsp3) is 0.200. The number of hydrogen-bond donors (Lipinski definition) is 0. The van der Waals surface area contributed by atoms with Crippen LogP contribution < -0.4 is 5.56 Å². The topological polar surface area (TPSA) is 68.1 Å². The molecule has 0 aliphatic rings. The number of likely N-dealkylation sites (N-methyl/N-ethyl adjacent to an activating group) is 1. The summed E-state index contributed by atoms with van der Waals surface area (Å²) in [7, 11) is 0. The van der Waals surface area contributed by atoms with E-state index in [2.05, 4.69) is 10.1 Å². The van der Waals surface area contributed by atoms with Gasteiger partial charge in [0, 0.05) is 37.3 Å². The Morgan fingerprint density at radius 2 is 1.65 bits per heavy atom. The molecule has 6 nitrogen and oxygen atoms in total. The van der Waals surface area contributed by atoms with Crippen LogP contribution in [0.5, 0.6) is 0 Å². The number of hydrogen-bond acceptors (Lipinski definition) is 4. The molecule has 0 spiro atoms. The standard InChI is InChI=1S/C25H24N4O2/c1-2-28(17-19-9-4-3-5-10-19)24(30)18-29-25(31)22-13-7-6-12-21(22)23(27-29)15-20-11-8-14-26-16-20/h3-14,16H,2,15,17-18H2,1H3. The molecule has 156 valence electrons. The Bertz CT molecular complexity index is 1240. The number of carbonyl (C=O) groups excluding carboxylic acids is 1. The van der Waals surface area contributed by atoms with Gasteiger partial charge in [-0.2, -0.15) is 5.10 Å². The Kier molecular flexibility index (Phi) is 6.17. The van der Waals surface area contributed by atoms with Gasteiger partial charge in [-0.15, -0.1) is 0 Å². The zero-order valence-corrected chi connectivity index (χ0v) is 17.4. The lowest BCUT2D eigenvalue weighted by Gasteiger charge is -2.21. The zero-order chi connectivity index (χ0) is 21.6. The van der Waals surface area contributed by atoms with Crippen molar-refractivity contribution in [2.24, 2.45) is 0 Å². The van der Waals surface area contributed by atoms with Gasteiger partial charge in [0.05, 0.1) is 11.1 Å². The monoisotopic (exact) mass is 412 g/mol. The van der Waals surface area contributed by atoms with E-state index in [1.165, 1.54) is 4.68 Å². The molecule has 4 aromatic rings. The third-order valence-corrected chi connectivity index (χ3v) is 5.27. The highest BCUT2D eigenvalue weighted by atomic mass is 16.2. The predicted molar refractivity (Wildman–Crippen MR) is 121 cm³/mol. The van der Waals surface area contributed by atoms with Crippen molar-refractivity contribution >= 4 is 16.7 Å². The second kappa shape index (κ2) is 9.34. The first-order valence-electron chi connectivity index (χ1n) is 10.3. The van der Waals surface area contributed by atoms with Gasteiger partial charge >= 0.3 is 0 Å². The van der Waals surface area contributed by atoms with Gasteiger partial charge in [0.15, 0.2) is 0 Å². The molecule has 0 fully saturated rings. The maximum Gasteiger partial charge on any atom is 0.275 e. The highest BCUT2D eigenvalue weighted by molar-refractivity contribution is 5.84. The van der Waals surface area contributed by atoms with Crippen molar-refractivity contribution in [2.75, 3.05) is 6.54 Å². The van der Waals surface area contributed by atoms with Crippen molar-refractivity contribution in [2.45, 2.75) is 26.4 Å². The molecule has 0 bridgehead atoms. The highest BCUT2D eigenvalue weighted by Crippen LogP contribution is 2.17. The second-order valence-electron chi connectivity index (χ2n) is 7.39. The molecule has 2 aromatic carbocycles. The number of benzene rings is 2. The molecule has 0 radical (unpaired) electrons. The molecular weight excluding hydrogens is 388 g/mol. The Balaban J connectivity index is 1.66. The summed E-state index contributed by atoms with van der Waals surface area (Å²) in [4.78, 5) is 32.0. The summed E-state index contributed by atoms with van der Waals surface area (Å²) in [5.41, 5.74) is 2.54. The Labute approximate surface area is 180 Å². The van der Waals surface area contributed by atoms with Crippen molar-refractivity contribution in [1.29, 1.82) is 0 Å². The van der Waals surface area contributed by atoms with Crippen LogP contribution in [0.3, 0.4) is 0 Å². The Hall–Kier alpha value is -3.80. The van der Waals surface area contributed by atoms with Gasteiger partial charge in [-0.25, -0.2) is 4.68 Å². The van der Waals surface area contributed by atoms with E-state index in [-0.39, 0.29) is 18.0 Å². The second-order valence-corrected chi connectivity index (χ2v) is 7.39. The number of aromatic nitrogens is 3. The van der Waals surface area contributed by atoms with Crippen LogP contribution in [0.2, 0.25) is 0 Å². The molecule has 31 heavy (non-hydrogen) atoms. The first kappa shape index (κ1) is 20.5. The van der Waals surface area contributed by atoms with E-state index in [0.717, 1.165) is 22.2 Å². The third kappa shape index (κ3) is 4.69. The summed E-state index contributed by atoms with van der Waals surface area (Å²) < 4.78 is 1.30. The fourth-order valence-corrected chi connectivity index (χ4v) is 3.65. The quantitative estimate of drug-likeness (QED) is 0.466. The molecular formula is C25H24N4O2. The molecule has 0 saturated heterocycles. The SMILES string of the molecule is CCN(Cc1ccccc1)C(=O)Cn1nc(Cc2cccnc2)c2ccccc2c1=O. The zero-order valence-electron chi connectivity index (χ0n) is 17.4.